The highest BCUT2D eigenvalue weighted by Crippen LogP contribution is 2.31. The van der Waals surface area contributed by atoms with E-state index in [0.717, 1.165) is 10.9 Å². The molecule has 0 bridgehead atoms. The highest BCUT2D eigenvalue weighted by molar-refractivity contribution is 7.92. The first-order valence-electron chi connectivity index (χ1n) is 9.88. The summed E-state index contributed by atoms with van der Waals surface area (Å²) in [6.07, 6.45) is 0.488. The van der Waals surface area contributed by atoms with E-state index in [1.165, 1.54) is 19.2 Å². The Balaban J connectivity index is 1.77. The van der Waals surface area contributed by atoms with E-state index >= 15 is 0 Å². The number of benzene rings is 4. The summed E-state index contributed by atoms with van der Waals surface area (Å²) in [6, 6.07) is 24.3. The lowest BCUT2D eigenvalue weighted by molar-refractivity contribution is 0.0698. The average molecular weight is 448 g/mol. The third-order valence-electron chi connectivity index (χ3n) is 5.20. The standard InChI is InChI=1S/C25H21NO5S/c1-31-23-14-12-20(16-19(23)15-17-7-3-2-4-8-17)32(29,30)26-24-21-10-6-5-9-18(21)11-13-22(24)25(27)28/h2-14,16,26H,15H2,1H3,(H,27,28). The molecule has 4 aromatic carbocycles. The number of hydrogen-bond donors (Lipinski definition) is 2. The number of ether oxygens (including phenoxy) is 1. The number of carbonyl (C=O) groups is 1. The average Bonchev–Trinajstić information content (AvgIpc) is 2.79. The smallest absolute Gasteiger partial charge is 0.337 e. The minimum Gasteiger partial charge on any atom is -0.496 e. The Bertz CT molecular complexity index is 1400. The predicted molar refractivity (Wildman–Crippen MR) is 124 cm³/mol. The van der Waals surface area contributed by atoms with Crippen LogP contribution in [0.4, 0.5) is 5.69 Å². The summed E-state index contributed by atoms with van der Waals surface area (Å²) < 4.78 is 34.5. The number of methoxy groups -OCH3 is 1. The van der Waals surface area contributed by atoms with E-state index < -0.39 is 16.0 Å². The summed E-state index contributed by atoms with van der Waals surface area (Å²) in [6.45, 7) is 0. The molecule has 0 saturated heterocycles. The quantitative estimate of drug-likeness (QED) is 0.419. The van der Waals surface area contributed by atoms with E-state index in [1.807, 2.05) is 30.3 Å². The summed E-state index contributed by atoms with van der Waals surface area (Å²) in [5, 5.41) is 10.9. The van der Waals surface area contributed by atoms with Gasteiger partial charge in [-0.05, 0) is 40.8 Å². The maximum absolute atomic E-state index is 13.3. The summed E-state index contributed by atoms with van der Waals surface area (Å²) in [5.74, 6) is -0.642. The Kier molecular flexibility index (Phi) is 5.83. The molecule has 0 spiro atoms. The Hall–Kier alpha value is -3.84. The van der Waals surface area contributed by atoms with Gasteiger partial charge in [-0.2, -0.15) is 0 Å². The lowest BCUT2D eigenvalue weighted by Gasteiger charge is -2.15. The summed E-state index contributed by atoms with van der Waals surface area (Å²) in [5.41, 5.74) is 1.63. The van der Waals surface area contributed by atoms with E-state index in [2.05, 4.69) is 4.72 Å². The van der Waals surface area contributed by atoms with Gasteiger partial charge in [0.15, 0.2) is 0 Å². The maximum atomic E-state index is 13.3. The number of nitrogens with one attached hydrogen (secondary N) is 1. The van der Waals surface area contributed by atoms with Gasteiger partial charge < -0.3 is 9.84 Å². The first-order valence-corrected chi connectivity index (χ1v) is 11.4. The zero-order chi connectivity index (χ0) is 22.7. The molecule has 4 aromatic rings. The molecule has 0 heterocycles. The number of aromatic carboxylic acids is 1. The van der Waals surface area contributed by atoms with Crippen LogP contribution in [-0.4, -0.2) is 26.6 Å². The summed E-state index contributed by atoms with van der Waals surface area (Å²) in [7, 11) is -2.54. The molecular weight excluding hydrogens is 426 g/mol. The number of carboxylic acid groups (broad SMARTS) is 1. The Morgan fingerprint density at radius 2 is 1.66 bits per heavy atom. The van der Waals surface area contributed by atoms with Crippen LogP contribution in [0.2, 0.25) is 0 Å². The molecule has 0 aliphatic rings. The van der Waals surface area contributed by atoms with Crippen molar-refractivity contribution in [2.45, 2.75) is 11.3 Å². The number of hydrogen-bond acceptors (Lipinski definition) is 4. The van der Waals surface area contributed by atoms with Gasteiger partial charge in [-0.15, -0.1) is 0 Å². The minimum atomic E-state index is -4.07. The number of sulfonamides is 1. The molecule has 7 heteroatoms. The van der Waals surface area contributed by atoms with Gasteiger partial charge in [0.2, 0.25) is 0 Å². The van der Waals surface area contributed by atoms with E-state index in [9.17, 15) is 18.3 Å². The highest BCUT2D eigenvalue weighted by atomic mass is 32.2. The zero-order valence-electron chi connectivity index (χ0n) is 17.3. The zero-order valence-corrected chi connectivity index (χ0v) is 18.1. The molecule has 0 fully saturated rings. The highest BCUT2D eigenvalue weighted by Gasteiger charge is 2.22. The summed E-state index contributed by atoms with van der Waals surface area (Å²) in [4.78, 5) is 11.8. The van der Waals surface area contributed by atoms with Crippen LogP contribution in [0.1, 0.15) is 21.5 Å². The number of carboxylic acids is 1. The molecule has 162 valence electrons. The first kappa shape index (κ1) is 21.4. The molecule has 0 atom stereocenters. The van der Waals surface area contributed by atoms with Gasteiger partial charge in [0.25, 0.3) is 10.0 Å². The lowest BCUT2D eigenvalue weighted by atomic mass is 10.0. The van der Waals surface area contributed by atoms with Gasteiger partial charge in [-0.25, -0.2) is 13.2 Å². The van der Waals surface area contributed by atoms with Crippen LogP contribution in [0.25, 0.3) is 10.8 Å². The second-order valence-corrected chi connectivity index (χ2v) is 8.94. The molecule has 0 saturated carbocycles. The predicted octanol–water partition coefficient (Wildman–Crippen LogP) is 4.94. The van der Waals surface area contributed by atoms with Crippen LogP contribution in [-0.2, 0) is 16.4 Å². The third-order valence-corrected chi connectivity index (χ3v) is 6.54. The third kappa shape index (κ3) is 4.29. The van der Waals surface area contributed by atoms with Crippen molar-refractivity contribution >= 4 is 32.5 Å². The Morgan fingerprint density at radius 1 is 0.938 bits per heavy atom. The SMILES string of the molecule is COc1ccc(S(=O)(=O)Nc2c(C(=O)O)ccc3ccccc23)cc1Cc1ccccc1. The van der Waals surface area contributed by atoms with Crippen molar-refractivity contribution in [3.8, 4) is 5.75 Å². The monoisotopic (exact) mass is 447 g/mol. The fourth-order valence-electron chi connectivity index (χ4n) is 3.63. The molecule has 4 rings (SSSR count). The van der Waals surface area contributed by atoms with E-state index in [1.54, 1.807) is 42.5 Å². The molecular formula is C25H21NO5S. The van der Waals surface area contributed by atoms with Crippen LogP contribution >= 0.6 is 0 Å². The van der Waals surface area contributed by atoms with Gasteiger partial charge in [0, 0.05) is 11.8 Å². The van der Waals surface area contributed by atoms with E-state index in [0.29, 0.717) is 23.1 Å². The Morgan fingerprint density at radius 3 is 2.38 bits per heavy atom. The van der Waals surface area contributed by atoms with Crippen LogP contribution in [0.15, 0.2) is 89.8 Å². The van der Waals surface area contributed by atoms with Crippen molar-refractivity contribution in [3.05, 3.63) is 102 Å². The van der Waals surface area contributed by atoms with Crippen LogP contribution < -0.4 is 9.46 Å². The van der Waals surface area contributed by atoms with Crippen molar-refractivity contribution < 1.29 is 23.1 Å². The maximum Gasteiger partial charge on any atom is 0.337 e. The second kappa shape index (κ2) is 8.72. The van der Waals surface area contributed by atoms with Crippen molar-refractivity contribution in [3.63, 3.8) is 0 Å². The van der Waals surface area contributed by atoms with Gasteiger partial charge in [0.05, 0.1) is 23.3 Å². The molecule has 32 heavy (non-hydrogen) atoms. The lowest BCUT2D eigenvalue weighted by Crippen LogP contribution is -2.16. The summed E-state index contributed by atoms with van der Waals surface area (Å²) >= 11 is 0. The molecule has 0 aliphatic heterocycles. The van der Waals surface area contributed by atoms with Gasteiger partial charge in [0.1, 0.15) is 5.75 Å². The molecule has 2 N–H and O–H groups in total. The van der Waals surface area contributed by atoms with Crippen molar-refractivity contribution in [1.29, 1.82) is 0 Å². The number of rotatable bonds is 7. The topological polar surface area (TPSA) is 92.7 Å². The molecule has 0 radical (unpaired) electrons. The largest absolute Gasteiger partial charge is 0.496 e. The van der Waals surface area contributed by atoms with Gasteiger partial charge in [-0.1, -0.05) is 60.7 Å². The van der Waals surface area contributed by atoms with Crippen LogP contribution in [0, 0.1) is 0 Å². The minimum absolute atomic E-state index is 0.0218. The number of fused-ring (bicyclic) bond motifs is 1. The fraction of sp³-hybridized carbons (Fsp3) is 0.0800. The van der Waals surface area contributed by atoms with Gasteiger partial charge in [-0.3, -0.25) is 4.72 Å². The van der Waals surface area contributed by atoms with Crippen LogP contribution in [0.5, 0.6) is 5.75 Å². The van der Waals surface area contributed by atoms with E-state index in [-0.39, 0.29) is 16.1 Å². The molecule has 0 aliphatic carbocycles. The molecule has 6 nitrogen and oxygen atoms in total. The first-order chi connectivity index (χ1) is 15.4. The van der Waals surface area contributed by atoms with Crippen molar-refractivity contribution in [2.24, 2.45) is 0 Å². The van der Waals surface area contributed by atoms with E-state index in [4.69, 9.17) is 4.74 Å². The Labute approximate surface area is 186 Å². The molecule has 0 aromatic heterocycles. The second-order valence-electron chi connectivity index (χ2n) is 7.26. The normalized spacial score (nSPS) is 11.3. The molecule has 0 unspecified atom stereocenters. The number of anilines is 1. The molecule has 0 amide bonds. The van der Waals surface area contributed by atoms with Crippen molar-refractivity contribution in [1.82, 2.24) is 0 Å². The fourth-order valence-corrected chi connectivity index (χ4v) is 4.78. The van der Waals surface area contributed by atoms with Crippen LogP contribution in [0.3, 0.4) is 0 Å². The van der Waals surface area contributed by atoms with Crippen molar-refractivity contribution in [2.75, 3.05) is 11.8 Å². The van der Waals surface area contributed by atoms with Gasteiger partial charge >= 0.3 is 5.97 Å².